The van der Waals surface area contributed by atoms with Crippen LogP contribution in [-0.4, -0.2) is 28.1 Å². The van der Waals surface area contributed by atoms with Gasteiger partial charge in [0, 0.05) is 30.9 Å². The van der Waals surface area contributed by atoms with Crippen LogP contribution in [0.15, 0.2) is 24.5 Å². The van der Waals surface area contributed by atoms with Gasteiger partial charge in [0.05, 0.1) is 5.69 Å². The fourth-order valence-electron chi connectivity index (χ4n) is 2.64. The van der Waals surface area contributed by atoms with Crippen molar-refractivity contribution in [3.8, 4) is 0 Å². The summed E-state index contributed by atoms with van der Waals surface area (Å²) in [6.45, 7) is 0.720. The molecule has 21 heavy (non-hydrogen) atoms. The molecule has 0 radical (unpaired) electrons. The van der Waals surface area contributed by atoms with Crippen LogP contribution in [0.2, 0.25) is 0 Å². The summed E-state index contributed by atoms with van der Waals surface area (Å²) < 4.78 is 0. The summed E-state index contributed by atoms with van der Waals surface area (Å²) in [5.41, 5.74) is 1.88. The maximum atomic E-state index is 11.3. The minimum absolute atomic E-state index is 0.439. The molecule has 6 heteroatoms. The first-order valence-electron chi connectivity index (χ1n) is 6.97. The molecular weight excluding hydrogens is 286 g/mol. The Hall–Kier alpha value is -1.95. The summed E-state index contributed by atoms with van der Waals surface area (Å²) in [5, 5.41) is 10.2. The molecule has 3 rings (SSSR count). The monoisotopic (exact) mass is 303 g/mol. The van der Waals surface area contributed by atoms with Gasteiger partial charge >= 0.3 is 5.97 Å². The Balaban J connectivity index is 1.82. The highest BCUT2D eigenvalue weighted by Crippen LogP contribution is 2.38. The molecular formula is C15H17N3O2S. The first kappa shape index (κ1) is 14.0. The number of aromatic nitrogens is 2. The van der Waals surface area contributed by atoms with Crippen molar-refractivity contribution in [2.24, 2.45) is 0 Å². The molecule has 1 atom stereocenters. The standard InChI is InChI=1S/C15H17N3O2S/c1-18(9-10-4-3-7-16-8-10)15-17-13-11(14(19)20)5-2-6-12(13)21-15/h3-4,7-8,11H,2,5-6,9H2,1H3,(H,19,20). The van der Waals surface area contributed by atoms with Gasteiger partial charge in [0.15, 0.2) is 5.13 Å². The van der Waals surface area contributed by atoms with Crippen molar-refractivity contribution in [2.45, 2.75) is 31.7 Å². The van der Waals surface area contributed by atoms with Crippen molar-refractivity contribution in [3.63, 3.8) is 0 Å². The molecule has 0 amide bonds. The van der Waals surface area contributed by atoms with Gasteiger partial charge in [-0.1, -0.05) is 6.07 Å². The van der Waals surface area contributed by atoms with Crippen molar-refractivity contribution < 1.29 is 9.90 Å². The maximum absolute atomic E-state index is 11.3. The molecule has 2 aromatic rings. The summed E-state index contributed by atoms with van der Waals surface area (Å²) in [6, 6.07) is 3.94. The first-order chi connectivity index (χ1) is 10.1. The summed E-state index contributed by atoms with van der Waals surface area (Å²) in [4.78, 5) is 23.2. The normalized spacial score (nSPS) is 17.3. The molecule has 2 aromatic heterocycles. The Bertz CT molecular complexity index is 642. The van der Waals surface area contributed by atoms with Gasteiger partial charge in [-0.2, -0.15) is 0 Å². The third-order valence-electron chi connectivity index (χ3n) is 3.71. The van der Waals surface area contributed by atoms with E-state index < -0.39 is 11.9 Å². The van der Waals surface area contributed by atoms with Gasteiger partial charge in [0.2, 0.25) is 0 Å². The van der Waals surface area contributed by atoms with Crippen LogP contribution in [0.1, 0.15) is 34.9 Å². The lowest BCUT2D eigenvalue weighted by Gasteiger charge is -2.16. The fourth-order valence-corrected chi connectivity index (χ4v) is 3.77. The van der Waals surface area contributed by atoms with Crippen LogP contribution >= 0.6 is 11.3 Å². The minimum Gasteiger partial charge on any atom is -0.481 e. The molecule has 0 saturated carbocycles. The number of nitrogens with zero attached hydrogens (tertiary/aromatic N) is 3. The lowest BCUT2D eigenvalue weighted by atomic mass is 9.91. The molecule has 2 heterocycles. The zero-order valence-electron chi connectivity index (χ0n) is 11.8. The van der Waals surface area contributed by atoms with Crippen LogP contribution in [0.4, 0.5) is 5.13 Å². The molecule has 0 aromatic carbocycles. The number of carboxylic acid groups (broad SMARTS) is 1. The Kier molecular flexibility index (Phi) is 3.88. The topological polar surface area (TPSA) is 66.3 Å². The molecule has 1 aliphatic carbocycles. The Morgan fingerprint density at radius 1 is 1.57 bits per heavy atom. The number of pyridine rings is 1. The molecule has 0 aliphatic heterocycles. The second-order valence-corrected chi connectivity index (χ2v) is 6.37. The van der Waals surface area contributed by atoms with Crippen molar-refractivity contribution in [3.05, 3.63) is 40.7 Å². The average Bonchev–Trinajstić information content (AvgIpc) is 2.92. The van der Waals surface area contributed by atoms with E-state index in [9.17, 15) is 9.90 Å². The lowest BCUT2D eigenvalue weighted by molar-refractivity contribution is -0.139. The van der Waals surface area contributed by atoms with Crippen LogP contribution in [0, 0.1) is 0 Å². The van der Waals surface area contributed by atoms with Gasteiger partial charge in [0.25, 0.3) is 0 Å². The van der Waals surface area contributed by atoms with E-state index in [-0.39, 0.29) is 0 Å². The summed E-state index contributed by atoms with van der Waals surface area (Å²) in [6.07, 6.45) is 6.15. The van der Waals surface area contributed by atoms with E-state index in [4.69, 9.17) is 0 Å². The Morgan fingerprint density at radius 2 is 2.43 bits per heavy atom. The van der Waals surface area contributed by atoms with Crippen LogP contribution in [-0.2, 0) is 17.8 Å². The van der Waals surface area contributed by atoms with E-state index in [1.54, 1.807) is 17.5 Å². The molecule has 1 N–H and O–H groups in total. The lowest BCUT2D eigenvalue weighted by Crippen LogP contribution is -2.18. The van der Waals surface area contributed by atoms with Gasteiger partial charge in [-0.15, -0.1) is 11.3 Å². The smallest absolute Gasteiger partial charge is 0.312 e. The van der Waals surface area contributed by atoms with Crippen LogP contribution < -0.4 is 4.90 Å². The van der Waals surface area contributed by atoms with E-state index in [1.807, 2.05) is 25.4 Å². The van der Waals surface area contributed by atoms with Gasteiger partial charge in [-0.25, -0.2) is 4.98 Å². The highest BCUT2D eigenvalue weighted by Gasteiger charge is 2.30. The number of thiazole rings is 1. The Morgan fingerprint density at radius 3 is 3.14 bits per heavy atom. The molecule has 0 fully saturated rings. The van der Waals surface area contributed by atoms with Gasteiger partial charge < -0.3 is 10.0 Å². The van der Waals surface area contributed by atoms with E-state index in [0.29, 0.717) is 6.42 Å². The molecule has 1 aliphatic rings. The predicted molar refractivity (Wildman–Crippen MR) is 81.8 cm³/mol. The third-order valence-corrected chi connectivity index (χ3v) is 4.96. The van der Waals surface area contributed by atoms with Crippen molar-refractivity contribution in [1.29, 1.82) is 0 Å². The number of anilines is 1. The number of hydrogen-bond acceptors (Lipinski definition) is 5. The van der Waals surface area contributed by atoms with E-state index >= 15 is 0 Å². The zero-order valence-corrected chi connectivity index (χ0v) is 12.6. The van der Waals surface area contributed by atoms with E-state index in [2.05, 4.69) is 14.9 Å². The van der Waals surface area contributed by atoms with Crippen molar-refractivity contribution >= 4 is 22.4 Å². The second-order valence-electron chi connectivity index (χ2n) is 5.31. The Labute approximate surface area is 127 Å². The van der Waals surface area contributed by atoms with Gasteiger partial charge in [0.1, 0.15) is 5.92 Å². The SMILES string of the molecule is CN(Cc1cccnc1)c1nc2c(s1)CCCC2C(=O)O. The number of carbonyl (C=O) groups is 1. The minimum atomic E-state index is -0.761. The molecule has 0 saturated heterocycles. The van der Waals surface area contributed by atoms with Gasteiger partial charge in [-0.3, -0.25) is 9.78 Å². The zero-order chi connectivity index (χ0) is 14.8. The number of aliphatic carboxylic acids is 1. The number of rotatable bonds is 4. The van der Waals surface area contributed by atoms with E-state index in [0.717, 1.165) is 40.7 Å². The molecule has 1 unspecified atom stereocenters. The fraction of sp³-hybridized carbons (Fsp3) is 0.400. The van der Waals surface area contributed by atoms with Crippen LogP contribution in [0.3, 0.4) is 0 Å². The van der Waals surface area contributed by atoms with Gasteiger partial charge in [-0.05, 0) is 30.9 Å². The quantitative estimate of drug-likeness (QED) is 0.940. The predicted octanol–water partition coefficient (Wildman–Crippen LogP) is 2.68. The number of fused-ring (bicyclic) bond motifs is 1. The molecule has 0 bridgehead atoms. The number of hydrogen-bond donors (Lipinski definition) is 1. The third kappa shape index (κ3) is 2.90. The summed E-state index contributed by atoms with van der Waals surface area (Å²) in [7, 11) is 1.98. The van der Waals surface area contributed by atoms with Crippen LogP contribution in [0.25, 0.3) is 0 Å². The van der Waals surface area contributed by atoms with E-state index in [1.165, 1.54) is 0 Å². The highest BCUT2D eigenvalue weighted by atomic mass is 32.1. The number of carboxylic acids is 1. The largest absolute Gasteiger partial charge is 0.481 e. The van der Waals surface area contributed by atoms with Crippen LogP contribution in [0.5, 0.6) is 0 Å². The second kappa shape index (κ2) is 5.81. The molecule has 5 nitrogen and oxygen atoms in total. The van der Waals surface area contributed by atoms with Crippen molar-refractivity contribution in [1.82, 2.24) is 9.97 Å². The first-order valence-corrected chi connectivity index (χ1v) is 7.79. The molecule has 110 valence electrons. The molecule has 0 spiro atoms. The average molecular weight is 303 g/mol. The number of aryl methyl sites for hydroxylation is 1. The van der Waals surface area contributed by atoms with Crippen molar-refractivity contribution in [2.75, 3.05) is 11.9 Å². The maximum Gasteiger partial charge on any atom is 0.312 e. The highest BCUT2D eigenvalue weighted by molar-refractivity contribution is 7.15. The summed E-state index contributed by atoms with van der Waals surface area (Å²) >= 11 is 1.61. The summed E-state index contributed by atoms with van der Waals surface area (Å²) in [5.74, 6) is -1.20.